The average molecular weight is 492 g/mol. The molecule has 3 N–H and O–H groups in total. The predicted molar refractivity (Wildman–Crippen MR) is 143 cm³/mol. The van der Waals surface area contributed by atoms with Crippen LogP contribution >= 0.6 is 0 Å². The van der Waals surface area contributed by atoms with Gasteiger partial charge < -0.3 is 29.8 Å². The highest BCUT2D eigenvalue weighted by molar-refractivity contribution is 5.73. The lowest BCUT2D eigenvalue weighted by Gasteiger charge is -2.22. The Kier molecular flexibility index (Phi) is 16.9. The number of benzene rings is 2. The van der Waals surface area contributed by atoms with Crippen molar-refractivity contribution in [2.75, 3.05) is 7.11 Å². The zero-order valence-electron chi connectivity index (χ0n) is 23.3. The molecule has 2 aromatic carbocycles. The van der Waals surface area contributed by atoms with Crippen LogP contribution in [0.4, 0.5) is 4.79 Å². The molecule has 0 fully saturated rings. The van der Waals surface area contributed by atoms with Crippen LogP contribution in [0.3, 0.4) is 0 Å². The zero-order chi connectivity index (χ0) is 27.8. The van der Waals surface area contributed by atoms with Gasteiger partial charge in [-0.15, -0.1) is 0 Å². The summed E-state index contributed by atoms with van der Waals surface area (Å²) in [6, 6.07) is 8.26. The summed E-state index contributed by atoms with van der Waals surface area (Å²) < 4.78 is 11.2. The number of ether oxygens (including phenoxy) is 2. The minimum Gasteiger partial charge on any atom is -0.508 e. The predicted octanol–water partition coefficient (Wildman–Crippen LogP) is 6.41. The van der Waals surface area contributed by atoms with Crippen molar-refractivity contribution in [3.05, 3.63) is 52.6 Å². The third-order valence-electron chi connectivity index (χ3n) is 4.23. The van der Waals surface area contributed by atoms with E-state index in [1.54, 1.807) is 39.0 Å². The molecule has 0 heterocycles. The van der Waals surface area contributed by atoms with Gasteiger partial charge in [-0.25, -0.2) is 4.79 Å². The number of rotatable bonds is 6. The topological polar surface area (TPSA) is 105 Å². The van der Waals surface area contributed by atoms with Crippen molar-refractivity contribution >= 4 is 12.4 Å². The Morgan fingerprint density at radius 3 is 1.91 bits per heavy atom. The number of hydrogen-bond acceptors (Lipinski definition) is 6. The number of nitrogens with one attached hydrogen (secondary N) is 1. The van der Waals surface area contributed by atoms with Gasteiger partial charge in [0.1, 0.15) is 29.1 Å². The van der Waals surface area contributed by atoms with Gasteiger partial charge in [-0.05, 0) is 88.4 Å². The van der Waals surface area contributed by atoms with Gasteiger partial charge in [-0.2, -0.15) is 0 Å². The second kappa shape index (κ2) is 17.4. The average Bonchev–Trinajstić information content (AvgIpc) is 2.81. The van der Waals surface area contributed by atoms with Crippen molar-refractivity contribution in [3.8, 4) is 17.2 Å². The van der Waals surface area contributed by atoms with Crippen molar-refractivity contribution in [2.24, 2.45) is 0 Å². The number of aryl methyl sites for hydroxylation is 3. The lowest BCUT2D eigenvalue weighted by Crippen LogP contribution is -2.41. The van der Waals surface area contributed by atoms with E-state index in [9.17, 15) is 14.7 Å². The van der Waals surface area contributed by atoms with Crippen LogP contribution in [0.25, 0.3) is 0 Å². The molecule has 0 saturated heterocycles. The monoisotopic (exact) mass is 491 g/mol. The number of aldehydes is 1. The second-order valence-corrected chi connectivity index (χ2v) is 8.20. The van der Waals surface area contributed by atoms with Crippen molar-refractivity contribution in [3.63, 3.8) is 0 Å². The van der Waals surface area contributed by atoms with Gasteiger partial charge >= 0.3 is 6.09 Å². The maximum absolute atomic E-state index is 11.9. The minimum absolute atomic E-state index is 0.221. The molecular weight excluding hydrogens is 446 g/mol. The number of aliphatic hydroxyl groups is 1. The van der Waals surface area contributed by atoms with Gasteiger partial charge in [0.15, 0.2) is 0 Å². The number of phenolic OH excluding ortho intramolecular Hbond substituents is 1. The highest BCUT2D eigenvalue weighted by atomic mass is 16.6. The lowest BCUT2D eigenvalue weighted by atomic mass is 10.0. The smallest absolute Gasteiger partial charge is 0.408 e. The van der Waals surface area contributed by atoms with Gasteiger partial charge in [0.25, 0.3) is 0 Å². The van der Waals surface area contributed by atoms with Crippen LogP contribution in [0.1, 0.15) is 70.7 Å². The Labute approximate surface area is 211 Å². The fourth-order valence-electron chi connectivity index (χ4n) is 2.97. The molecule has 2 rings (SSSR count). The van der Waals surface area contributed by atoms with E-state index in [0.29, 0.717) is 18.5 Å². The van der Waals surface area contributed by atoms with Gasteiger partial charge in [-0.1, -0.05) is 39.8 Å². The Bertz CT molecular complexity index is 880. The quantitative estimate of drug-likeness (QED) is 0.404. The molecule has 7 nitrogen and oxygen atoms in total. The molecule has 0 aromatic heterocycles. The minimum atomic E-state index is -0.685. The second-order valence-electron chi connectivity index (χ2n) is 8.20. The number of hydrogen-bond donors (Lipinski definition) is 3. The van der Waals surface area contributed by atoms with E-state index in [1.165, 1.54) is 0 Å². The Balaban J connectivity index is 0. The molecule has 2 aromatic rings. The summed E-state index contributed by atoms with van der Waals surface area (Å²) in [5.74, 6) is 1.58. The molecule has 0 spiro atoms. The van der Waals surface area contributed by atoms with Crippen LogP contribution in [0.2, 0.25) is 0 Å². The lowest BCUT2D eigenvalue weighted by molar-refractivity contribution is -0.109. The summed E-state index contributed by atoms with van der Waals surface area (Å²) in [4.78, 5) is 23.4. The zero-order valence-corrected chi connectivity index (χ0v) is 23.3. The van der Waals surface area contributed by atoms with E-state index in [4.69, 9.17) is 14.6 Å². The van der Waals surface area contributed by atoms with Crippen molar-refractivity contribution in [1.29, 1.82) is 0 Å². The molecule has 0 bridgehead atoms. The maximum Gasteiger partial charge on any atom is 0.408 e. The van der Waals surface area contributed by atoms with Crippen LogP contribution in [0.5, 0.6) is 17.2 Å². The van der Waals surface area contributed by atoms with E-state index >= 15 is 0 Å². The molecule has 0 radical (unpaired) electrons. The number of amides is 1. The number of alkyl carbamates (subject to hydrolysis) is 1. The van der Waals surface area contributed by atoms with Crippen molar-refractivity contribution in [2.45, 2.75) is 87.3 Å². The summed E-state index contributed by atoms with van der Waals surface area (Å²) in [6.45, 7) is 19.0. The summed E-state index contributed by atoms with van der Waals surface area (Å²) in [5, 5.41) is 19.3. The first-order chi connectivity index (χ1) is 16.5. The molecule has 1 unspecified atom stereocenters. The highest BCUT2D eigenvalue weighted by Crippen LogP contribution is 2.32. The van der Waals surface area contributed by atoms with Gasteiger partial charge in [0, 0.05) is 7.11 Å². The summed E-state index contributed by atoms with van der Waals surface area (Å²) in [7, 11) is 1.00. The van der Waals surface area contributed by atoms with Gasteiger partial charge in [0.05, 0.1) is 6.04 Å². The van der Waals surface area contributed by atoms with Crippen LogP contribution in [0.15, 0.2) is 30.3 Å². The SMILES string of the molecule is CC.CC.CO.Cc1cc(Oc2c(C)cc(CC(C=O)NC(=O)OC(C)(C)C)cc2C)ccc1O. The fourth-order valence-corrected chi connectivity index (χ4v) is 2.97. The summed E-state index contributed by atoms with van der Waals surface area (Å²) >= 11 is 0. The first-order valence-electron chi connectivity index (χ1n) is 12.0. The molecule has 0 aliphatic rings. The number of carbonyl (C=O) groups is 2. The standard InChI is InChI=1S/C23H29NO5.2C2H6.CH4O/c1-14-11-19(7-8-20(14)26)28-21-15(2)9-17(10-16(21)3)12-18(13-25)24-22(27)29-23(4,5)6;3*1-2/h7-11,13,18,26H,12H2,1-6H3,(H,24,27);2*1-2H3;2H,1H3. The first-order valence-corrected chi connectivity index (χ1v) is 12.0. The van der Waals surface area contributed by atoms with Gasteiger partial charge in [-0.3, -0.25) is 0 Å². The Morgan fingerprint density at radius 1 is 0.971 bits per heavy atom. The number of phenols is 1. The highest BCUT2D eigenvalue weighted by Gasteiger charge is 2.20. The first kappa shape index (κ1) is 34.1. The van der Waals surface area contributed by atoms with Gasteiger partial charge in [0.2, 0.25) is 0 Å². The third kappa shape index (κ3) is 12.8. The van der Waals surface area contributed by atoms with E-state index < -0.39 is 17.7 Å². The van der Waals surface area contributed by atoms with E-state index in [-0.39, 0.29) is 5.75 Å². The largest absolute Gasteiger partial charge is 0.508 e. The van der Waals surface area contributed by atoms with Crippen LogP contribution in [0, 0.1) is 20.8 Å². The maximum atomic E-state index is 11.9. The molecule has 0 saturated carbocycles. The van der Waals surface area contributed by atoms with E-state index in [0.717, 1.165) is 35.1 Å². The molecule has 1 atom stereocenters. The van der Waals surface area contributed by atoms with E-state index in [2.05, 4.69) is 5.32 Å². The van der Waals surface area contributed by atoms with Crippen LogP contribution < -0.4 is 10.1 Å². The molecule has 1 amide bonds. The molecule has 0 aliphatic heterocycles. The number of carbonyl (C=O) groups excluding carboxylic acids is 2. The molecular formula is C28H45NO6. The van der Waals surface area contributed by atoms with E-state index in [1.807, 2.05) is 60.6 Å². The van der Waals surface area contributed by atoms with Crippen LogP contribution in [-0.4, -0.2) is 41.3 Å². The Hall–Kier alpha value is -3.06. The molecule has 35 heavy (non-hydrogen) atoms. The number of aromatic hydroxyl groups is 1. The molecule has 198 valence electrons. The van der Waals surface area contributed by atoms with Crippen LogP contribution in [-0.2, 0) is 16.0 Å². The fraction of sp³-hybridized carbons (Fsp3) is 0.500. The normalized spacial score (nSPS) is 10.6. The van der Waals surface area contributed by atoms with Crippen molar-refractivity contribution in [1.82, 2.24) is 5.32 Å². The van der Waals surface area contributed by atoms with Crippen molar-refractivity contribution < 1.29 is 29.3 Å². The number of aliphatic hydroxyl groups excluding tert-OH is 1. The molecule has 7 heteroatoms. The third-order valence-corrected chi connectivity index (χ3v) is 4.23. The Morgan fingerprint density at radius 2 is 1.49 bits per heavy atom. The summed E-state index contributed by atoms with van der Waals surface area (Å²) in [5.41, 5.74) is 2.83. The summed E-state index contributed by atoms with van der Waals surface area (Å²) in [6.07, 6.45) is 0.437. The molecule has 0 aliphatic carbocycles.